The number of aliphatic hydroxyl groups is 1. The van der Waals surface area contributed by atoms with E-state index in [1.165, 1.54) is 4.68 Å². The van der Waals surface area contributed by atoms with Crippen molar-refractivity contribution in [3.63, 3.8) is 0 Å². The van der Waals surface area contributed by atoms with E-state index < -0.39 is 16.1 Å². The van der Waals surface area contributed by atoms with Crippen LogP contribution in [0.25, 0.3) is 0 Å². The van der Waals surface area contributed by atoms with Crippen LogP contribution in [0, 0.1) is 6.92 Å². The molecule has 0 aliphatic carbocycles. The molecule has 1 atom stereocenters. The first kappa shape index (κ1) is 17.0. The predicted molar refractivity (Wildman–Crippen MR) is 84.2 cm³/mol. The summed E-state index contributed by atoms with van der Waals surface area (Å²) in [7, 11) is -2.18. The SMILES string of the molecule is Cc1nn(C)c(Cl)c1S(=O)(=O)NCCC(O)c1ccccc1. The van der Waals surface area contributed by atoms with Crippen LogP contribution < -0.4 is 4.72 Å². The number of benzene rings is 1. The summed E-state index contributed by atoms with van der Waals surface area (Å²) in [6.07, 6.45) is -0.463. The zero-order valence-corrected chi connectivity index (χ0v) is 13.9. The second kappa shape index (κ2) is 6.78. The molecule has 0 fully saturated rings. The highest BCUT2D eigenvalue weighted by Crippen LogP contribution is 2.24. The van der Waals surface area contributed by atoms with Gasteiger partial charge in [0.25, 0.3) is 0 Å². The summed E-state index contributed by atoms with van der Waals surface area (Å²) in [6, 6.07) is 9.08. The highest BCUT2D eigenvalue weighted by molar-refractivity contribution is 7.89. The fourth-order valence-electron chi connectivity index (χ4n) is 2.16. The molecular formula is C14H18ClN3O3S. The van der Waals surface area contributed by atoms with Crippen molar-refractivity contribution in [2.24, 2.45) is 7.05 Å². The van der Waals surface area contributed by atoms with Crippen LogP contribution in [-0.4, -0.2) is 29.8 Å². The van der Waals surface area contributed by atoms with Crippen LogP contribution in [0.2, 0.25) is 5.15 Å². The lowest BCUT2D eigenvalue weighted by atomic mass is 10.1. The van der Waals surface area contributed by atoms with Crippen molar-refractivity contribution >= 4 is 21.6 Å². The fraction of sp³-hybridized carbons (Fsp3) is 0.357. The Morgan fingerprint density at radius 1 is 1.36 bits per heavy atom. The van der Waals surface area contributed by atoms with E-state index in [1.54, 1.807) is 26.1 Å². The van der Waals surface area contributed by atoms with Gasteiger partial charge in [-0.25, -0.2) is 13.1 Å². The first-order valence-corrected chi connectivity index (χ1v) is 8.61. The molecule has 0 bridgehead atoms. The number of nitrogens with zero attached hydrogens (tertiary/aromatic N) is 2. The molecule has 1 heterocycles. The topological polar surface area (TPSA) is 84.2 Å². The minimum absolute atomic E-state index is 0.0223. The van der Waals surface area contributed by atoms with Crippen molar-refractivity contribution in [3.8, 4) is 0 Å². The van der Waals surface area contributed by atoms with Gasteiger partial charge in [-0.15, -0.1) is 0 Å². The first-order chi connectivity index (χ1) is 10.3. The highest BCUT2D eigenvalue weighted by Gasteiger charge is 2.24. The fourth-order valence-corrected chi connectivity index (χ4v) is 3.95. The van der Waals surface area contributed by atoms with Crippen LogP contribution in [0.5, 0.6) is 0 Å². The van der Waals surface area contributed by atoms with Gasteiger partial charge in [0.2, 0.25) is 10.0 Å². The van der Waals surface area contributed by atoms with Crippen LogP contribution in [0.1, 0.15) is 23.8 Å². The number of hydrogen-bond acceptors (Lipinski definition) is 4. The molecule has 0 saturated heterocycles. The van der Waals surface area contributed by atoms with Crippen molar-refractivity contribution in [3.05, 3.63) is 46.7 Å². The molecule has 22 heavy (non-hydrogen) atoms. The summed E-state index contributed by atoms with van der Waals surface area (Å²) in [5, 5.41) is 14.1. The molecule has 0 radical (unpaired) electrons. The molecule has 1 aromatic heterocycles. The van der Waals surface area contributed by atoms with Gasteiger partial charge in [0.1, 0.15) is 10.0 Å². The second-order valence-electron chi connectivity index (χ2n) is 4.94. The predicted octanol–water partition coefficient (Wildman–Crippen LogP) is 1.78. The Kier molecular flexibility index (Phi) is 5.23. The molecule has 0 amide bonds. The average molecular weight is 344 g/mol. The monoisotopic (exact) mass is 343 g/mol. The largest absolute Gasteiger partial charge is 0.388 e. The second-order valence-corrected chi connectivity index (χ2v) is 7.00. The Bertz CT molecular complexity index is 744. The molecular weight excluding hydrogens is 326 g/mol. The summed E-state index contributed by atoms with van der Waals surface area (Å²) >= 11 is 5.97. The molecule has 2 rings (SSSR count). The molecule has 2 aromatic rings. The zero-order chi connectivity index (χ0) is 16.3. The Morgan fingerprint density at radius 2 is 2.00 bits per heavy atom. The lowest BCUT2D eigenvalue weighted by molar-refractivity contribution is 0.169. The van der Waals surface area contributed by atoms with E-state index >= 15 is 0 Å². The molecule has 0 saturated carbocycles. The van der Waals surface area contributed by atoms with E-state index in [-0.39, 0.29) is 23.0 Å². The van der Waals surface area contributed by atoms with E-state index in [0.29, 0.717) is 5.69 Å². The molecule has 0 aliphatic heterocycles. The summed E-state index contributed by atoms with van der Waals surface area (Å²) in [5.74, 6) is 0. The normalized spacial score (nSPS) is 13.3. The number of aromatic nitrogens is 2. The van der Waals surface area contributed by atoms with E-state index in [2.05, 4.69) is 9.82 Å². The van der Waals surface area contributed by atoms with Crippen molar-refractivity contribution in [2.75, 3.05) is 6.54 Å². The maximum atomic E-state index is 12.3. The van der Waals surface area contributed by atoms with Gasteiger partial charge < -0.3 is 5.11 Å². The van der Waals surface area contributed by atoms with Gasteiger partial charge in [-0.05, 0) is 18.9 Å². The summed E-state index contributed by atoms with van der Waals surface area (Å²) in [5.41, 5.74) is 1.08. The van der Waals surface area contributed by atoms with Gasteiger partial charge in [-0.3, -0.25) is 4.68 Å². The van der Waals surface area contributed by atoms with Crippen molar-refractivity contribution in [1.82, 2.24) is 14.5 Å². The number of halogens is 1. The molecule has 2 N–H and O–H groups in total. The Balaban J connectivity index is 2.02. The van der Waals surface area contributed by atoms with Crippen LogP contribution in [0.4, 0.5) is 0 Å². The first-order valence-electron chi connectivity index (χ1n) is 6.74. The standard InChI is InChI=1S/C14H18ClN3O3S/c1-10-13(14(15)18(2)17-10)22(20,21)16-9-8-12(19)11-6-4-3-5-7-11/h3-7,12,16,19H,8-9H2,1-2H3. The molecule has 1 unspecified atom stereocenters. The van der Waals surface area contributed by atoms with Gasteiger partial charge in [0.05, 0.1) is 11.8 Å². The Morgan fingerprint density at radius 3 is 2.55 bits per heavy atom. The molecule has 0 aliphatic rings. The van der Waals surface area contributed by atoms with Crippen molar-refractivity contribution in [2.45, 2.75) is 24.3 Å². The lowest BCUT2D eigenvalue weighted by Gasteiger charge is -2.12. The van der Waals surface area contributed by atoms with Gasteiger partial charge in [-0.1, -0.05) is 41.9 Å². The number of nitrogens with one attached hydrogen (secondary N) is 1. The van der Waals surface area contributed by atoms with Crippen LogP contribution in [0.15, 0.2) is 35.2 Å². The zero-order valence-electron chi connectivity index (χ0n) is 12.3. The number of aliphatic hydroxyl groups excluding tert-OH is 1. The molecule has 120 valence electrons. The van der Waals surface area contributed by atoms with Crippen LogP contribution >= 0.6 is 11.6 Å². The van der Waals surface area contributed by atoms with E-state index in [0.717, 1.165) is 5.56 Å². The van der Waals surface area contributed by atoms with E-state index in [9.17, 15) is 13.5 Å². The third kappa shape index (κ3) is 3.67. The number of rotatable bonds is 6. The lowest BCUT2D eigenvalue weighted by Crippen LogP contribution is -2.26. The minimum atomic E-state index is -3.76. The van der Waals surface area contributed by atoms with Crippen LogP contribution in [0.3, 0.4) is 0 Å². The average Bonchev–Trinajstić information content (AvgIpc) is 2.73. The Hall–Kier alpha value is -1.41. The number of aryl methyl sites for hydroxylation is 2. The van der Waals surface area contributed by atoms with Gasteiger partial charge in [0, 0.05) is 13.6 Å². The smallest absolute Gasteiger partial charge is 0.245 e. The van der Waals surface area contributed by atoms with E-state index in [1.807, 2.05) is 18.2 Å². The molecule has 0 spiro atoms. The summed E-state index contributed by atoms with van der Waals surface area (Å²) < 4.78 is 28.3. The third-order valence-corrected chi connectivity index (χ3v) is 5.42. The Labute approximate surface area is 134 Å². The number of sulfonamides is 1. The minimum Gasteiger partial charge on any atom is -0.388 e. The van der Waals surface area contributed by atoms with Gasteiger partial charge in [-0.2, -0.15) is 5.10 Å². The maximum Gasteiger partial charge on any atom is 0.245 e. The van der Waals surface area contributed by atoms with Gasteiger partial charge in [0.15, 0.2) is 0 Å². The molecule has 8 heteroatoms. The molecule has 1 aromatic carbocycles. The van der Waals surface area contributed by atoms with Crippen molar-refractivity contribution < 1.29 is 13.5 Å². The summed E-state index contributed by atoms with van der Waals surface area (Å²) in [6.45, 7) is 1.68. The van der Waals surface area contributed by atoms with E-state index in [4.69, 9.17) is 11.6 Å². The van der Waals surface area contributed by atoms with Crippen molar-refractivity contribution in [1.29, 1.82) is 0 Å². The van der Waals surface area contributed by atoms with Gasteiger partial charge >= 0.3 is 0 Å². The highest BCUT2D eigenvalue weighted by atomic mass is 35.5. The molecule has 6 nitrogen and oxygen atoms in total. The van der Waals surface area contributed by atoms with Crippen LogP contribution in [-0.2, 0) is 17.1 Å². The maximum absolute atomic E-state index is 12.3. The third-order valence-electron chi connectivity index (χ3n) is 3.26. The number of hydrogen-bond donors (Lipinski definition) is 2. The summed E-state index contributed by atoms with van der Waals surface area (Å²) in [4.78, 5) is -0.0223. The quantitative estimate of drug-likeness (QED) is 0.837.